The fourth-order valence-electron chi connectivity index (χ4n) is 3.40. The molecule has 0 saturated carbocycles. The molecule has 2 heterocycles. The molecule has 0 radical (unpaired) electrons. The number of hydrogen-bond acceptors (Lipinski definition) is 4. The summed E-state index contributed by atoms with van der Waals surface area (Å²) in [5.74, 6) is 0.605. The Hall–Kier alpha value is -1.54. The molecule has 1 fully saturated rings. The van der Waals surface area contributed by atoms with Crippen LogP contribution in [-0.4, -0.2) is 38.3 Å². The Morgan fingerprint density at radius 2 is 1.93 bits per heavy atom. The van der Waals surface area contributed by atoms with Crippen molar-refractivity contribution in [3.8, 4) is 0 Å². The number of nitrogens with one attached hydrogen (secondary N) is 1. The van der Waals surface area contributed by atoms with Crippen LogP contribution in [0.2, 0.25) is 10.0 Å². The lowest BCUT2D eigenvalue weighted by atomic mass is 9.97. The highest BCUT2D eigenvalue weighted by atomic mass is 35.5. The van der Waals surface area contributed by atoms with Gasteiger partial charge in [-0.3, -0.25) is 4.79 Å². The summed E-state index contributed by atoms with van der Waals surface area (Å²) < 4.78 is 32.1. The molecule has 29 heavy (non-hydrogen) atoms. The van der Waals surface area contributed by atoms with Crippen molar-refractivity contribution in [2.24, 2.45) is 5.92 Å². The summed E-state index contributed by atoms with van der Waals surface area (Å²) in [4.78, 5) is 12.3. The summed E-state index contributed by atoms with van der Waals surface area (Å²) in [6, 6.07) is 8.59. The van der Waals surface area contributed by atoms with Crippen molar-refractivity contribution < 1.29 is 17.6 Å². The molecule has 9 heteroatoms. The number of sulfonamides is 1. The van der Waals surface area contributed by atoms with Crippen LogP contribution in [0.4, 0.5) is 0 Å². The third kappa shape index (κ3) is 6.22. The predicted molar refractivity (Wildman–Crippen MR) is 113 cm³/mol. The number of carbonyl (C=O) groups excluding carboxylic acids is 1. The summed E-state index contributed by atoms with van der Waals surface area (Å²) in [7, 11) is -3.47. The number of piperidine rings is 1. The van der Waals surface area contributed by atoms with Crippen molar-refractivity contribution in [2.75, 3.05) is 19.6 Å². The van der Waals surface area contributed by atoms with Gasteiger partial charge in [0.2, 0.25) is 15.9 Å². The summed E-state index contributed by atoms with van der Waals surface area (Å²) in [6.07, 6.45) is 4.25. The maximum Gasteiger partial charge on any atom is 0.223 e. The van der Waals surface area contributed by atoms with E-state index in [0.717, 1.165) is 18.6 Å². The van der Waals surface area contributed by atoms with Crippen LogP contribution < -0.4 is 5.32 Å². The van der Waals surface area contributed by atoms with Gasteiger partial charge in [0.25, 0.3) is 0 Å². The summed E-state index contributed by atoms with van der Waals surface area (Å²) in [5.41, 5.74) is 0.593. The number of rotatable bonds is 8. The molecular weight excluding hydrogens is 435 g/mol. The first-order valence-corrected chi connectivity index (χ1v) is 11.9. The first-order chi connectivity index (χ1) is 13.8. The van der Waals surface area contributed by atoms with E-state index in [1.165, 1.54) is 4.31 Å². The van der Waals surface area contributed by atoms with Crippen LogP contribution in [0.3, 0.4) is 0 Å². The topological polar surface area (TPSA) is 79.6 Å². The zero-order valence-electron chi connectivity index (χ0n) is 15.9. The SMILES string of the molecule is O=C(NCCCc1ccco1)C1CCN(S(=O)(=O)Cc2ccc(Cl)c(Cl)c2)CC1. The highest BCUT2D eigenvalue weighted by Gasteiger charge is 2.31. The third-order valence-corrected chi connectivity index (χ3v) is 7.62. The second kappa shape index (κ2) is 9.98. The van der Waals surface area contributed by atoms with Gasteiger partial charge in [0.15, 0.2) is 0 Å². The molecule has 1 aliphatic rings. The Morgan fingerprint density at radius 1 is 1.17 bits per heavy atom. The lowest BCUT2D eigenvalue weighted by Crippen LogP contribution is -2.43. The van der Waals surface area contributed by atoms with Crippen molar-refractivity contribution in [3.63, 3.8) is 0 Å². The van der Waals surface area contributed by atoms with Crippen LogP contribution in [0.1, 0.15) is 30.6 Å². The number of halogens is 2. The third-order valence-electron chi connectivity index (χ3n) is 5.03. The standard InChI is InChI=1S/C20H24Cl2N2O4S/c21-18-6-5-15(13-19(18)22)14-29(26,27)24-10-7-16(8-11-24)20(25)23-9-1-3-17-4-2-12-28-17/h2,4-6,12-13,16H,1,3,7-11,14H2,(H,23,25). The van der Waals surface area contributed by atoms with E-state index in [9.17, 15) is 13.2 Å². The van der Waals surface area contributed by atoms with Crippen molar-refractivity contribution in [3.05, 3.63) is 58.0 Å². The fraction of sp³-hybridized carbons (Fsp3) is 0.450. The molecule has 6 nitrogen and oxygen atoms in total. The van der Waals surface area contributed by atoms with Gasteiger partial charge in [-0.1, -0.05) is 29.3 Å². The second-order valence-corrected chi connectivity index (χ2v) is 9.94. The number of aryl methyl sites for hydroxylation is 1. The van der Waals surface area contributed by atoms with E-state index in [4.69, 9.17) is 27.6 Å². The number of carbonyl (C=O) groups is 1. The molecular formula is C20H24Cl2N2O4S. The van der Waals surface area contributed by atoms with Crippen LogP contribution in [0, 0.1) is 5.92 Å². The number of hydrogen-bond donors (Lipinski definition) is 1. The van der Waals surface area contributed by atoms with E-state index < -0.39 is 10.0 Å². The van der Waals surface area contributed by atoms with E-state index in [2.05, 4.69) is 5.32 Å². The number of furan rings is 1. The van der Waals surface area contributed by atoms with E-state index in [1.54, 1.807) is 24.5 Å². The zero-order valence-corrected chi connectivity index (χ0v) is 18.3. The second-order valence-electron chi connectivity index (χ2n) is 7.15. The molecule has 1 amide bonds. The average Bonchev–Trinajstić information content (AvgIpc) is 3.21. The molecule has 1 N–H and O–H groups in total. The number of amides is 1. The smallest absolute Gasteiger partial charge is 0.223 e. The summed E-state index contributed by atoms with van der Waals surface area (Å²) in [6.45, 7) is 1.26. The van der Waals surface area contributed by atoms with Gasteiger partial charge < -0.3 is 9.73 Å². The highest BCUT2D eigenvalue weighted by Crippen LogP contribution is 2.26. The lowest BCUT2D eigenvalue weighted by Gasteiger charge is -2.30. The molecule has 3 rings (SSSR count). The number of nitrogens with zero attached hydrogens (tertiary/aromatic N) is 1. The largest absolute Gasteiger partial charge is 0.469 e. The van der Waals surface area contributed by atoms with Gasteiger partial charge in [0, 0.05) is 32.0 Å². The van der Waals surface area contributed by atoms with Crippen LogP contribution in [0.5, 0.6) is 0 Å². The van der Waals surface area contributed by atoms with Gasteiger partial charge in [-0.15, -0.1) is 0 Å². The van der Waals surface area contributed by atoms with Crippen LogP contribution in [0.25, 0.3) is 0 Å². The summed E-state index contributed by atoms with van der Waals surface area (Å²) >= 11 is 11.9. The zero-order chi connectivity index (χ0) is 20.9. The number of benzene rings is 1. The molecule has 0 atom stereocenters. The predicted octanol–water partition coefficient (Wildman–Crippen LogP) is 3.88. The molecule has 158 valence electrons. The first-order valence-electron chi connectivity index (χ1n) is 9.57. The lowest BCUT2D eigenvalue weighted by molar-refractivity contribution is -0.126. The molecule has 1 aromatic heterocycles. The van der Waals surface area contributed by atoms with Gasteiger partial charge in [-0.2, -0.15) is 0 Å². The van der Waals surface area contributed by atoms with Crippen molar-refractivity contribution in [1.29, 1.82) is 0 Å². The van der Waals surface area contributed by atoms with Gasteiger partial charge in [-0.05, 0) is 49.1 Å². The van der Waals surface area contributed by atoms with Crippen LogP contribution >= 0.6 is 23.2 Å². The normalized spacial score (nSPS) is 16.1. The molecule has 0 spiro atoms. The van der Waals surface area contributed by atoms with Crippen LogP contribution in [-0.2, 0) is 27.0 Å². The maximum atomic E-state index is 12.7. The fourth-order valence-corrected chi connectivity index (χ4v) is 5.27. The molecule has 0 aliphatic carbocycles. The maximum absolute atomic E-state index is 12.7. The minimum Gasteiger partial charge on any atom is -0.469 e. The van der Waals surface area contributed by atoms with E-state index in [-0.39, 0.29) is 17.6 Å². The van der Waals surface area contributed by atoms with Gasteiger partial charge in [0.1, 0.15) is 5.76 Å². The monoisotopic (exact) mass is 458 g/mol. The van der Waals surface area contributed by atoms with E-state index >= 15 is 0 Å². The van der Waals surface area contributed by atoms with E-state index in [1.807, 2.05) is 12.1 Å². The average molecular weight is 459 g/mol. The Morgan fingerprint density at radius 3 is 2.59 bits per heavy atom. The molecule has 1 aliphatic heterocycles. The van der Waals surface area contributed by atoms with Crippen molar-refractivity contribution >= 4 is 39.1 Å². The molecule has 1 saturated heterocycles. The van der Waals surface area contributed by atoms with Gasteiger partial charge in [0.05, 0.1) is 22.1 Å². The Labute approximate surface area is 181 Å². The Bertz CT molecular complexity index is 924. The Kier molecular flexibility index (Phi) is 7.62. The molecule has 2 aromatic rings. The minimum atomic E-state index is -3.47. The van der Waals surface area contributed by atoms with Crippen molar-refractivity contribution in [1.82, 2.24) is 9.62 Å². The quantitative estimate of drug-likeness (QED) is 0.608. The molecule has 0 bridgehead atoms. The summed E-state index contributed by atoms with van der Waals surface area (Å²) in [5, 5.41) is 3.67. The minimum absolute atomic E-state index is 0.00836. The van der Waals surface area contributed by atoms with Gasteiger partial charge in [-0.25, -0.2) is 12.7 Å². The van der Waals surface area contributed by atoms with Gasteiger partial charge >= 0.3 is 0 Å². The highest BCUT2D eigenvalue weighted by molar-refractivity contribution is 7.88. The molecule has 1 aromatic carbocycles. The van der Waals surface area contributed by atoms with Crippen molar-refractivity contribution in [2.45, 2.75) is 31.4 Å². The first kappa shape index (κ1) is 22.2. The van der Waals surface area contributed by atoms with E-state index in [0.29, 0.717) is 48.1 Å². The Balaban J connectivity index is 1.43. The van der Waals surface area contributed by atoms with Crippen LogP contribution in [0.15, 0.2) is 41.0 Å². The molecule has 0 unspecified atom stereocenters.